The van der Waals surface area contributed by atoms with E-state index in [9.17, 15) is 27.5 Å². The summed E-state index contributed by atoms with van der Waals surface area (Å²) in [7, 11) is -3.41. The molecule has 1 aromatic carbocycles. The third-order valence-electron chi connectivity index (χ3n) is 5.52. The Bertz CT molecular complexity index is 1150. The number of rotatable bonds is 5. The van der Waals surface area contributed by atoms with Gasteiger partial charge in [0.2, 0.25) is 0 Å². The van der Waals surface area contributed by atoms with Crippen LogP contribution in [0, 0.1) is 5.82 Å². The number of benzene rings is 1. The molecule has 172 valence electrons. The van der Waals surface area contributed by atoms with Gasteiger partial charge in [-0.15, -0.1) is 0 Å². The van der Waals surface area contributed by atoms with Gasteiger partial charge in [-0.25, -0.2) is 27.1 Å². The molecule has 1 unspecified atom stereocenters. The summed E-state index contributed by atoms with van der Waals surface area (Å²) >= 11 is 0. The van der Waals surface area contributed by atoms with Gasteiger partial charge in [0, 0.05) is 5.56 Å². The van der Waals surface area contributed by atoms with Gasteiger partial charge in [-0.1, -0.05) is 0 Å². The molecule has 0 spiro atoms. The van der Waals surface area contributed by atoms with E-state index in [1.807, 2.05) is 0 Å². The molecule has 2 aliphatic rings. The van der Waals surface area contributed by atoms with Gasteiger partial charge in [-0.2, -0.15) is 5.10 Å². The molecule has 3 atom stereocenters. The second-order valence-corrected chi connectivity index (χ2v) is 9.93. The van der Waals surface area contributed by atoms with Crippen LogP contribution in [0.25, 0.3) is 5.69 Å². The fourth-order valence-corrected chi connectivity index (χ4v) is 5.86. The van der Waals surface area contributed by atoms with Crippen LogP contribution in [0.5, 0.6) is 0 Å². The van der Waals surface area contributed by atoms with Crippen molar-refractivity contribution in [1.82, 2.24) is 20.4 Å². The van der Waals surface area contributed by atoms with E-state index in [0.717, 1.165) is 0 Å². The van der Waals surface area contributed by atoms with Crippen LogP contribution in [0.4, 0.5) is 9.18 Å². The molecule has 0 saturated carbocycles. The van der Waals surface area contributed by atoms with Crippen molar-refractivity contribution in [3.05, 3.63) is 47.0 Å². The second-order valence-electron chi connectivity index (χ2n) is 7.78. The predicted octanol–water partition coefficient (Wildman–Crippen LogP) is 0.632. The number of carbonyl (C=O) groups excluding carboxylic acids is 2. The van der Waals surface area contributed by atoms with Crippen molar-refractivity contribution in [2.45, 2.75) is 38.0 Å². The lowest BCUT2D eigenvalue weighted by atomic mass is 10.1. The van der Waals surface area contributed by atoms with Crippen LogP contribution in [0.15, 0.2) is 24.3 Å². The van der Waals surface area contributed by atoms with Crippen molar-refractivity contribution in [3.63, 3.8) is 0 Å². The highest BCUT2D eigenvalue weighted by Gasteiger charge is 2.39. The number of halogens is 1. The molecule has 1 aliphatic heterocycles. The molecular weight excluding hydrogens is 443 g/mol. The zero-order chi connectivity index (χ0) is 23.0. The number of urea groups is 1. The van der Waals surface area contributed by atoms with Crippen LogP contribution in [0.3, 0.4) is 0 Å². The molecule has 2 heterocycles. The Morgan fingerprint density at radius 1 is 1.25 bits per heavy atom. The van der Waals surface area contributed by atoms with Crippen LogP contribution in [-0.2, 0) is 21.0 Å². The van der Waals surface area contributed by atoms with Gasteiger partial charge in [0.05, 0.1) is 47.7 Å². The van der Waals surface area contributed by atoms with Crippen molar-refractivity contribution in [2.75, 3.05) is 18.1 Å². The topological polar surface area (TPSA) is 140 Å². The van der Waals surface area contributed by atoms with Gasteiger partial charge in [0.25, 0.3) is 0 Å². The highest BCUT2D eigenvalue weighted by Crippen LogP contribution is 2.35. The first kappa shape index (κ1) is 22.2. The first-order valence-electron chi connectivity index (χ1n) is 10.2. The largest absolute Gasteiger partial charge is 0.461 e. The lowest BCUT2D eigenvalue weighted by Gasteiger charge is -2.19. The Balaban J connectivity index is 1.59. The average Bonchev–Trinajstić information content (AvgIpc) is 3.36. The minimum absolute atomic E-state index is 0.0532. The second kappa shape index (κ2) is 8.51. The molecule has 4 rings (SSSR count). The maximum absolute atomic E-state index is 13.3. The van der Waals surface area contributed by atoms with Crippen LogP contribution in [0.1, 0.15) is 41.1 Å². The number of esters is 1. The summed E-state index contributed by atoms with van der Waals surface area (Å²) in [6.07, 6.45) is -0.217. The van der Waals surface area contributed by atoms with E-state index in [0.29, 0.717) is 29.8 Å². The van der Waals surface area contributed by atoms with Gasteiger partial charge in [0.1, 0.15) is 5.82 Å². The molecule has 1 aliphatic carbocycles. The zero-order valence-electron chi connectivity index (χ0n) is 17.2. The maximum atomic E-state index is 13.3. The normalized spacial score (nSPS) is 23.5. The summed E-state index contributed by atoms with van der Waals surface area (Å²) in [5, 5.41) is 19.5. The fourth-order valence-electron chi connectivity index (χ4n) is 4.12. The third kappa shape index (κ3) is 4.32. The number of sulfone groups is 1. The molecule has 0 radical (unpaired) electrons. The number of fused-ring (bicyclic) bond motifs is 1. The Hall–Kier alpha value is -2.99. The number of nitrogens with one attached hydrogen (secondary N) is 2. The number of amides is 2. The minimum atomic E-state index is -3.41. The zero-order valence-corrected chi connectivity index (χ0v) is 18.1. The minimum Gasteiger partial charge on any atom is -0.461 e. The standard InChI is InChI=1S/C20H23FN4O6S/c1-2-31-19(27)18-17-13(22-20(28)23-14-9-32(29,30)10-16(14)26)7-8-15(17)25(24-18)12-5-3-11(21)4-6-12/h3-6,13-14,16,26H,2,7-10H2,1H3,(H2,22,23,28)/t13?,14-,16-/m1/s1. The van der Waals surface area contributed by atoms with Crippen LogP contribution in [-0.4, -0.2) is 65.6 Å². The van der Waals surface area contributed by atoms with Gasteiger partial charge in [-0.3, -0.25) is 0 Å². The molecule has 1 saturated heterocycles. The lowest BCUT2D eigenvalue weighted by molar-refractivity contribution is 0.0516. The highest BCUT2D eigenvalue weighted by molar-refractivity contribution is 7.91. The van der Waals surface area contributed by atoms with E-state index in [2.05, 4.69) is 15.7 Å². The van der Waals surface area contributed by atoms with Crippen LogP contribution < -0.4 is 10.6 Å². The third-order valence-corrected chi connectivity index (χ3v) is 7.24. The quantitative estimate of drug-likeness (QED) is 0.549. The lowest BCUT2D eigenvalue weighted by Crippen LogP contribution is -2.48. The van der Waals surface area contributed by atoms with Crippen LogP contribution >= 0.6 is 0 Å². The molecule has 1 fully saturated rings. The van der Waals surface area contributed by atoms with Crippen molar-refractivity contribution in [1.29, 1.82) is 0 Å². The number of aliphatic hydroxyl groups excluding tert-OH is 1. The van der Waals surface area contributed by atoms with Crippen molar-refractivity contribution in [2.24, 2.45) is 0 Å². The Labute approximate surface area is 183 Å². The number of nitrogens with zero attached hydrogens (tertiary/aromatic N) is 2. The monoisotopic (exact) mass is 466 g/mol. The van der Waals surface area contributed by atoms with E-state index in [4.69, 9.17) is 4.74 Å². The summed E-state index contributed by atoms with van der Waals surface area (Å²) in [4.78, 5) is 25.1. The molecule has 12 heteroatoms. The van der Waals surface area contributed by atoms with Gasteiger partial charge >= 0.3 is 12.0 Å². The van der Waals surface area contributed by atoms with E-state index >= 15 is 0 Å². The SMILES string of the molecule is CCOC(=O)c1nn(-c2ccc(F)cc2)c2c1C(NC(=O)N[C@@H]1CS(=O)(=O)C[C@H]1O)CC2. The summed E-state index contributed by atoms with van der Waals surface area (Å²) in [6.45, 7) is 1.81. The molecule has 32 heavy (non-hydrogen) atoms. The van der Waals surface area contributed by atoms with E-state index in [1.165, 1.54) is 28.9 Å². The van der Waals surface area contributed by atoms with Gasteiger partial charge in [0.15, 0.2) is 15.5 Å². The fraction of sp³-hybridized carbons (Fsp3) is 0.450. The molecule has 3 N–H and O–H groups in total. The number of hydrogen-bond acceptors (Lipinski definition) is 7. The number of aromatic nitrogens is 2. The summed E-state index contributed by atoms with van der Waals surface area (Å²) in [5.41, 5.74) is 1.80. The molecule has 0 bridgehead atoms. The molecule has 2 amide bonds. The predicted molar refractivity (Wildman–Crippen MR) is 111 cm³/mol. The molecule has 10 nitrogen and oxygen atoms in total. The van der Waals surface area contributed by atoms with Gasteiger partial charge < -0.3 is 20.5 Å². The number of ether oxygens (including phenoxy) is 1. The molecule has 1 aromatic heterocycles. The number of carbonyl (C=O) groups is 2. The maximum Gasteiger partial charge on any atom is 0.359 e. The summed E-state index contributed by atoms with van der Waals surface area (Å²) in [6, 6.07) is 3.49. The van der Waals surface area contributed by atoms with Crippen molar-refractivity contribution in [3.8, 4) is 5.69 Å². The highest BCUT2D eigenvalue weighted by atomic mass is 32.2. The Morgan fingerprint density at radius 2 is 1.97 bits per heavy atom. The number of hydrogen-bond donors (Lipinski definition) is 3. The molecule has 2 aromatic rings. The Kier molecular flexibility index (Phi) is 5.91. The Morgan fingerprint density at radius 3 is 2.59 bits per heavy atom. The molecular formula is C20H23FN4O6S. The number of aliphatic hydroxyl groups is 1. The van der Waals surface area contributed by atoms with Crippen molar-refractivity contribution < 1.29 is 32.2 Å². The first-order chi connectivity index (χ1) is 15.2. The van der Waals surface area contributed by atoms with E-state index < -0.39 is 51.6 Å². The van der Waals surface area contributed by atoms with Crippen molar-refractivity contribution >= 4 is 21.8 Å². The summed E-state index contributed by atoms with van der Waals surface area (Å²) < 4.78 is 43.3. The summed E-state index contributed by atoms with van der Waals surface area (Å²) in [5.74, 6) is -1.79. The van der Waals surface area contributed by atoms with Crippen LogP contribution in [0.2, 0.25) is 0 Å². The van der Waals surface area contributed by atoms with E-state index in [1.54, 1.807) is 6.92 Å². The van der Waals surface area contributed by atoms with Gasteiger partial charge in [-0.05, 0) is 44.0 Å². The average molecular weight is 466 g/mol. The smallest absolute Gasteiger partial charge is 0.359 e. The first-order valence-corrected chi connectivity index (χ1v) is 12.0. The van der Waals surface area contributed by atoms with E-state index in [-0.39, 0.29) is 18.1 Å².